The fourth-order valence-corrected chi connectivity index (χ4v) is 5.71. The summed E-state index contributed by atoms with van der Waals surface area (Å²) in [6.07, 6.45) is 7.98. The molecule has 0 aromatic carbocycles. The largest absolute Gasteiger partial charge is 0.290 e. The van der Waals surface area contributed by atoms with Gasteiger partial charge in [0.2, 0.25) is 5.91 Å². The minimum atomic E-state index is -0.519. The molecule has 0 unspecified atom stereocenters. The second kappa shape index (κ2) is 5.97. The summed E-state index contributed by atoms with van der Waals surface area (Å²) < 4.78 is 1.09. The molecule has 5 rings (SSSR count). The monoisotopic (exact) mass is 344 g/mol. The van der Waals surface area contributed by atoms with Crippen LogP contribution in [-0.2, 0) is 11.8 Å². The molecule has 25 heavy (non-hydrogen) atoms. The van der Waals surface area contributed by atoms with E-state index >= 15 is 0 Å². The lowest BCUT2D eigenvalue weighted by molar-refractivity contribution is -0.130. The van der Waals surface area contributed by atoms with Gasteiger partial charge in [0, 0.05) is 19.5 Å². The van der Waals surface area contributed by atoms with Gasteiger partial charge in [0.25, 0.3) is 11.5 Å². The summed E-state index contributed by atoms with van der Waals surface area (Å²) in [6, 6.07) is 2.63. The summed E-state index contributed by atoms with van der Waals surface area (Å²) in [6.45, 7) is 0. The zero-order valence-electron chi connectivity index (χ0n) is 14.5. The van der Waals surface area contributed by atoms with Gasteiger partial charge in [0.1, 0.15) is 0 Å². The first kappa shape index (κ1) is 16.3. The molecule has 7 nitrogen and oxygen atoms in total. The molecule has 4 saturated carbocycles. The maximum absolute atomic E-state index is 12.4. The zero-order chi connectivity index (χ0) is 17.6. The topological polar surface area (TPSA) is 93.1 Å². The van der Waals surface area contributed by atoms with Crippen LogP contribution in [0.5, 0.6) is 0 Å². The van der Waals surface area contributed by atoms with Crippen LogP contribution in [0.4, 0.5) is 0 Å². The van der Waals surface area contributed by atoms with Gasteiger partial charge in [0.05, 0.1) is 0 Å². The molecule has 134 valence electrons. The predicted molar refractivity (Wildman–Crippen MR) is 90.3 cm³/mol. The molecule has 7 heteroatoms. The first-order chi connectivity index (χ1) is 11.9. The second-order valence-corrected chi connectivity index (χ2v) is 8.28. The molecule has 0 atom stereocenters. The molecular weight excluding hydrogens is 320 g/mol. The van der Waals surface area contributed by atoms with E-state index in [9.17, 15) is 14.4 Å². The average Bonchev–Trinajstić information content (AvgIpc) is 2.53. The van der Waals surface area contributed by atoms with Gasteiger partial charge in [-0.25, -0.2) is 4.68 Å². The van der Waals surface area contributed by atoms with Gasteiger partial charge in [0.15, 0.2) is 5.69 Å². The van der Waals surface area contributed by atoms with Crippen LogP contribution in [0.15, 0.2) is 16.9 Å². The maximum Gasteiger partial charge on any atom is 0.290 e. The SMILES string of the molecule is Cn1nc(C(=O)NNC(=O)CC23CC4CC(CC(C4)C2)C3)ccc1=O. The molecule has 0 spiro atoms. The highest BCUT2D eigenvalue weighted by molar-refractivity contribution is 5.93. The van der Waals surface area contributed by atoms with Gasteiger partial charge in [-0.3, -0.25) is 25.2 Å². The Balaban J connectivity index is 1.34. The number of rotatable bonds is 3. The summed E-state index contributed by atoms with van der Waals surface area (Å²) in [5, 5.41) is 3.87. The number of aromatic nitrogens is 2. The average molecular weight is 344 g/mol. The number of hydrogen-bond donors (Lipinski definition) is 2. The molecule has 2 N–H and O–H groups in total. The molecule has 0 saturated heterocycles. The van der Waals surface area contributed by atoms with E-state index in [1.807, 2.05) is 0 Å². The number of aryl methyl sites for hydroxylation is 1. The Morgan fingerprint density at radius 1 is 1.12 bits per heavy atom. The first-order valence-electron chi connectivity index (χ1n) is 9.06. The van der Waals surface area contributed by atoms with Gasteiger partial charge in [-0.1, -0.05) is 0 Å². The Bertz CT molecular complexity index is 735. The van der Waals surface area contributed by atoms with E-state index in [1.165, 1.54) is 38.4 Å². The van der Waals surface area contributed by atoms with E-state index in [-0.39, 0.29) is 22.6 Å². The summed E-state index contributed by atoms with van der Waals surface area (Å²) in [5.41, 5.74) is 4.88. The van der Waals surface area contributed by atoms with E-state index in [4.69, 9.17) is 0 Å². The zero-order valence-corrected chi connectivity index (χ0v) is 14.5. The smallest absolute Gasteiger partial charge is 0.273 e. The molecule has 1 aromatic heterocycles. The molecule has 2 amide bonds. The van der Waals surface area contributed by atoms with Crippen molar-refractivity contribution >= 4 is 11.8 Å². The number of carbonyl (C=O) groups excluding carboxylic acids is 2. The molecule has 1 heterocycles. The van der Waals surface area contributed by atoms with Gasteiger partial charge < -0.3 is 0 Å². The van der Waals surface area contributed by atoms with E-state index in [1.54, 1.807) is 0 Å². The number of carbonyl (C=O) groups is 2. The third kappa shape index (κ3) is 3.19. The quantitative estimate of drug-likeness (QED) is 0.805. The Hall–Kier alpha value is -2.18. The lowest BCUT2D eigenvalue weighted by atomic mass is 9.49. The highest BCUT2D eigenvalue weighted by atomic mass is 16.2. The van der Waals surface area contributed by atoms with Crippen molar-refractivity contribution in [1.82, 2.24) is 20.6 Å². The molecule has 4 bridgehead atoms. The lowest BCUT2D eigenvalue weighted by Gasteiger charge is -2.56. The van der Waals surface area contributed by atoms with E-state index in [2.05, 4.69) is 16.0 Å². The number of hydrazine groups is 1. The summed E-state index contributed by atoms with van der Waals surface area (Å²) in [7, 11) is 1.48. The second-order valence-electron chi connectivity index (χ2n) is 8.28. The van der Waals surface area contributed by atoms with Crippen molar-refractivity contribution in [2.24, 2.45) is 30.2 Å². The van der Waals surface area contributed by atoms with Crippen molar-refractivity contribution in [3.05, 3.63) is 28.2 Å². The Morgan fingerprint density at radius 3 is 2.28 bits per heavy atom. The maximum atomic E-state index is 12.4. The van der Waals surface area contributed by atoms with Gasteiger partial charge >= 0.3 is 0 Å². The van der Waals surface area contributed by atoms with E-state index in [0.29, 0.717) is 6.42 Å². The van der Waals surface area contributed by atoms with Crippen molar-refractivity contribution in [2.75, 3.05) is 0 Å². The van der Waals surface area contributed by atoms with Crippen LogP contribution in [0.3, 0.4) is 0 Å². The third-order valence-electron chi connectivity index (χ3n) is 6.21. The van der Waals surface area contributed by atoms with Crippen LogP contribution < -0.4 is 16.4 Å². The molecule has 4 fully saturated rings. The fraction of sp³-hybridized carbons (Fsp3) is 0.667. The lowest BCUT2D eigenvalue weighted by Crippen LogP contribution is -2.50. The van der Waals surface area contributed by atoms with Crippen LogP contribution >= 0.6 is 0 Å². The van der Waals surface area contributed by atoms with Crippen LogP contribution in [0.2, 0.25) is 0 Å². The van der Waals surface area contributed by atoms with E-state index in [0.717, 1.165) is 41.7 Å². The highest BCUT2D eigenvalue weighted by Crippen LogP contribution is 2.61. The standard InChI is InChI=1S/C18H24N4O3/c1-22-16(24)3-2-14(21-22)17(25)20-19-15(23)10-18-7-11-4-12(8-18)6-13(5-11)9-18/h2-3,11-13H,4-10H2,1H3,(H,19,23)(H,20,25). The Kier molecular flexibility index (Phi) is 3.89. The predicted octanol–water partition coefficient (Wildman–Crippen LogP) is 1.15. The Morgan fingerprint density at radius 2 is 1.72 bits per heavy atom. The van der Waals surface area contributed by atoms with Crippen LogP contribution in [0.1, 0.15) is 55.4 Å². The normalized spacial score (nSPS) is 32.4. The minimum Gasteiger partial charge on any atom is -0.273 e. The van der Waals surface area contributed by atoms with Gasteiger partial charge in [-0.15, -0.1) is 0 Å². The van der Waals surface area contributed by atoms with Gasteiger partial charge in [-0.05, 0) is 67.8 Å². The molecule has 4 aliphatic rings. The van der Waals surface area contributed by atoms with Crippen molar-refractivity contribution in [3.63, 3.8) is 0 Å². The highest BCUT2D eigenvalue weighted by Gasteiger charge is 2.51. The molecule has 4 aliphatic carbocycles. The van der Waals surface area contributed by atoms with Crippen molar-refractivity contribution in [3.8, 4) is 0 Å². The first-order valence-corrected chi connectivity index (χ1v) is 9.06. The van der Waals surface area contributed by atoms with Crippen molar-refractivity contribution < 1.29 is 9.59 Å². The van der Waals surface area contributed by atoms with E-state index < -0.39 is 5.91 Å². The van der Waals surface area contributed by atoms with Crippen LogP contribution in [0.25, 0.3) is 0 Å². The van der Waals surface area contributed by atoms with Crippen LogP contribution in [0, 0.1) is 23.2 Å². The summed E-state index contributed by atoms with van der Waals surface area (Å²) >= 11 is 0. The van der Waals surface area contributed by atoms with Crippen LogP contribution in [-0.4, -0.2) is 21.6 Å². The van der Waals surface area contributed by atoms with Gasteiger partial charge in [-0.2, -0.15) is 5.10 Å². The number of hydrogen-bond acceptors (Lipinski definition) is 4. The third-order valence-corrected chi connectivity index (χ3v) is 6.21. The Labute approximate surface area is 146 Å². The number of amides is 2. The van der Waals surface area contributed by atoms with Crippen molar-refractivity contribution in [2.45, 2.75) is 44.9 Å². The minimum absolute atomic E-state index is 0.0946. The molecular formula is C18H24N4O3. The summed E-state index contributed by atoms with van der Waals surface area (Å²) in [4.78, 5) is 35.8. The molecule has 0 aliphatic heterocycles. The molecule has 1 aromatic rings. The number of nitrogens with zero attached hydrogens (tertiary/aromatic N) is 2. The number of nitrogens with one attached hydrogen (secondary N) is 2. The fourth-order valence-electron chi connectivity index (χ4n) is 5.71. The van der Waals surface area contributed by atoms with Crippen molar-refractivity contribution in [1.29, 1.82) is 0 Å². The molecule has 0 radical (unpaired) electrons. The summed E-state index contributed by atoms with van der Waals surface area (Å²) in [5.74, 6) is 1.73.